The van der Waals surface area contributed by atoms with Gasteiger partial charge in [-0.15, -0.1) is 0 Å². The summed E-state index contributed by atoms with van der Waals surface area (Å²) in [6.07, 6.45) is 7.70. The molecule has 2 aliphatic carbocycles. The van der Waals surface area contributed by atoms with E-state index in [9.17, 15) is 4.79 Å². The van der Waals surface area contributed by atoms with Gasteiger partial charge in [-0.05, 0) is 31.6 Å². The fraction of sp³-hybridized carbons (Fsp3) is 0.833. The number of hydrogen-bond donors (Lipinski definition) is 0. The Morgan fingerprint density at radius 1 is 1.27 bits per heavy atom. The molecule has 2 fully saturated rings. The Morgan fingerprint density at radius 2 is 1.93 bits per heavy atom. The largest absolute Gasteiger partial charge is 0.326 e. The first kappa shape index (κ1) is 10.5. The lowest BCUT2D eigenvalue weighted by molar-refractivity contribution is -0.133. The van der Waals surface area contributed by atoms with Crippen molar-refractivity contribution in [2.75, 3.05) is 6.54 Å². The summed E-state index contributed by atoms with van der Waals surface area (Å²) in [4.78, 5) is 13.8. The van der Waals surface area contributed by atoms with E-state index in [1.807, 2.05) is 4.90 Å². The summed E-state index contributed by atoms with van der Waals surface area (Å²) in [5.74, 6) is 0.839. The molecule has 0 N–H and O–H groups in total. The van der Waals surface area contributed by atoms with Gasteiger partial charge in [-0.2, -0.15) is 5.26 Å². The zero-order chi connectivity index (χ0) is 10.7. The molecule has 0 aromatic rings. The molecular formula is C12H18N2O. The maximum atomic E-state index is 11.9. The summed E-state index contributed by atoms with van der Waals surface area (Å²) in [7, 11) is 0. The quantitative estimate of drug-likeness (QED) is 0.661. The van der Waals surface area contributed by atoms with Crippen molar-refractivity contribution < 1.29 is 4.79 Å². The lowest BCUT2D eigenvalue weighted by Gasteiger charge is -2.26. The highest BCUT2D eigenvalue weighted by Gasteiger charge is 2.31. The monoisotopic (exact) mass is 206 g/mol. The Hall–Kier alpha value is -1.04. The number of amides is 1. The van der Waals surface area contributed by atoms with Crippen LogP contribution in [0.15, 0.2) is 0 Å². The van der Waals surface area contributed by atoms with E-state index in [0.29, 0.717) is 18.4 Å². The highest BCUT2D eigenvalue weighted by Crippen LogP contribution is 2.34. The van der Waals surface area contributed by atoms with Gasteiger partial charge in [0.1, 0.15) is 6.54 Å². The lowest BCUT2D eigenvalue weighted by atomic mass is 10.1. The van der Waals surface area contributed by atoms with Gasteiger partial charge < -0.3 is 4.90 Å². The Balaban J connectivity index is 1.91. The molecule has 82 valence electrons. The third-order valence-corrected chi connectivity index (χ3v) is 3.49. The van der Waals surface area contributed by atoms with Crippen LogP contribution in [0.5, 0.6) is 0 Å². The zero-order valence-corrected chi connectivity index (χ0v) is 9.11. The van der Waals surface area contributed by atoms with Crippen LogP contribution in [0.2, 0.25) is 0 Å². The van der Waals surface area contributed by atoms with E-state index in [2.05, 4.69) is 6.07 Å². The summed E-state index contributed by atoms with van der Waals surface area (Å²) < 4.78 is 0. The minimum Gasteiger partial charge on any atom is -0.326 e. The second kappa shape index (κ2) is 4.65. The third-order valence-electron chi connectivity index (χ3n) is 3.49. The van der Waals surface area contributed by atoms with Gasteiger partial charge in [0.2, 0.25) is 5.91 Å². The van der Waals surface area contributed by atoms with Gasteiger partial charge in [-0.1, -0.05) is 12.8 Å². The van der Waals surface area contributed by atoms with E-state index in [-0.39, 0.29) is 12.5 Å². The van der Waals surface area contributed by atoms with Crippen LogP contribution in [-0.4, -0.2) is 23.4 Å². The molecule has 0 atom stereocenters. The first-order valence-electron chi connectivity index (χ1n) is 5.97. The molecule has 0 aromatic heterocycles. The van der Waals surface area contributed by atoms with Crippen LogP contribution in [0.1, 0.15) is 44.9 Å². The van der Waals surface area contributed by atoms with E-state index in [4.69, 9.17) is 5.26 Å². The molecule has 0 radical (unpaired) electrons. The van der Waals surface area contributed by atoms with Crippen LogP contribution in [0.4, 0.5) is 0 Å². The van der Waals surface area contributed by atoms with E-state index in [1.54, 1.807) is 0 Å². The second-order valence-corrected chi connectivity index (χ2v) is 4.77. The number of carbonyl (C=O) groups excluding carboxylic acids is 1. The van der Waals surface area contributed by atoms with Crippen LogP contribution in [0.3, 0.4) is 0 Å². The molecule has 15 heavy (non-hydrogen) atoms. The van der Waals surface area contributed by atoms with Gasteiger partial charge >= 0.3 is 0 Å². The lowest BCUT2D eigenvalue weighted by Crippen LogP contribution is -2.39. The fourth-order valence-corrected chi connectivity index (χ4v) is 2.40. The molecule has 1 amide bonds. The molecule has 2 saturated carbocycles. The van der Waals surface area contributed by atoms with Gasteiger partial charge in [0.25, 0.3) is 0 Å². The van der Waals surface area contributed by atoms with Crippen molar-refractivity contribution in [2.24, 2.45) is 5.92 Å². The number of hydrogen-bond acceptors (Lipinski definition) is 2. The van der Waals surface area contributed by atoms with E-state index >= 15 is 0 Å². The molecule has 0 spiro atoms. The maximum absolute atomic E-state index is 11.9. The fourth-order valence-electron chi connectivity index (χ4n) is 2.40. The van der Waals surface area contributed by atoms with Crippen LogP contribution in [0, 0.1) is 17.2 Å². The van der Waals surface area contributed by atoms with Gasteiger partial charge in [0, 0.05) is 12.5 Å². The van der Waals surface area contributed by atoms with E-state index in [0.717, 1.165) is 12.8 Å². The average Bonchev–Trinajstić information content (AvgIpc) is 2.87. The van der Waals surface area contributed by atoms with Crippen LogP contribution in [0.25, 0.3) is 0 Å². The Bertz CT molecular complexity index is 272. The van der Waals surface area contributed by atoms with E-state index < -0.39 is 0 Å². The van der Waals surface area contributed by atoms with Crippen molar-refractivity contribution in [1.82, 2.24) is 4.90 Å². The van der Waals surface area contributed by atoms with Crippen molar-refractivity contribution in [1.29, 1.82) is 5.26 Å². The highest BCUT2D eigenvalue weighted by molar-refractivity contribution is 5.77. The van der Waals surface area contributed by atoms with E-state index in [1.165, 1.54) is 25.7 Å². The number of rotatable bonds is 4. The first-order chi connectivity index (χ1) is 7.31. The number of nitrogens with zero attached hydrogens (tertiary/aromatic N) is 2. The summed E-state index contributed by atoms with van der Waals surface area (Å²) in [5, 5.41) is 8.75. The summed E-state index contributed by atoms with van der Waals surface area (Å²) in [5.41, 5.74) is 0. The molecule has 0 bridgehead atoms. The molecule has 0 aliphatic heterocycles. The number of carbonyl (C=O) groups is 1. The Kier molecular flexibility index (Phi) is 3.25. The number of nitriles is 1. The zero-order valence-electron chi connectivity index (χ0n) is 9.11. The Labute approximate surface area is 91.1 Å². The molecule has 3 nitrogen and oxygen atoms in total. The molecular weight excluding hydrogens is 188 g/mol. The first-order valence-corrected chi connectivity index (χ1v) is 5.97. The van der Waals surface area contributed by atoms with Gasteiger partial charge in [-0.25, -0.2) is 0 Å². The minimum atomic E-state index is 0.214. The van der Waals surface area contributed by atoms with Gasteiger partial charge in [0.15, 0.2) is 0 Å². The highest BCUT2D eigenvalue weighted by atomic mass is 16.2. The summed E-state index contributed by atoms with van der Waals surface area (Å²) in [6, 6.07) is 2.48. The molecule has 0 saturated heterocycles. The van der Waals surface area contributed by atoms with Crippen LogP contribution < -0.4 is 0 Å². The minimum absolute atomic E-state index is 0.214. The summed E-state index contributed by atoms with van der Waals surface area (Å²) >= 11 is 0. The average molecular weight is 206 g/mol. The van der Waals surface area contributed by atoms with Crippen LogP contribution in [-0.2, 0) is 4.79 Å². The predicted molar refractivity (Wildman–Crippen MR) is 56.9 cm³/mol. The van der Waals surface area contributed by atoms with Gasteiger partial charge in [0.05, 0.1) is 6.07 Å². The SMILES string of the molecule is N#CCN(C(=O)CC1CC1)C1CCCC1. The van der Waals surface area contributed by atoms with Crippen molar-refractivity contribution in [3.05, 3.63) is 0 Å². The topological polar surface area (TPSA) is 44.1 Å². The molecule has 2 rings (SSSR count). The predicted octanol–water partition coefficient (Wildman–Crippen LogP) is 2.08. The molecule has 3 heteroatoms. The molecule has 0 heterocycles. The Morgan fingerprint density at radius 3 is 2.47 bits per heavy atom. The summed E-state index contributed by atoms with van der Waals surface area (Å²) in [6.45, 7) is 0.288. The molecule has 2 aliphatic rings. The molecule has 0 unspecified atom stereocenters. The molecule has 0 aromatic carbocycles. The van der Waals surface area contributed by atoms with Crippen molar-refractivity contribution in [3.63, 3.8) is 0 Å². The smallest absolute Gasteiger partial charge is 0.223 e. The van der Waals surface area contributed by atoms with Crippen molar-refractivity contribution in [2.45, 2.75) is 51.0 Å². The normalized spacial score (nSPS) is 21.3. The third kappa shape index (κ3) is 2.71. The van der Waals surface area contributed by atoms with Gasteiger partial charge in [-0.3, -0.25) is 4.79 Å². The standard InChI is InChI=1S/C12H18N2O/c13-7-8-14(11-3-1-2-4-11)12(15)9-10-5-6-10/h10-11H,1-6,8-9H2. The van der Waals surface area contributed by atoms with Crippen molar-refractivity contribution >= 4 is 5.91 Å². The second-order valence-electron chi connectivity index (χ2n) is 4.77. The van der Waals surface area contributed by atoms with Crippen LogP contribution >= 0.6 is 0 Å². The van der Waals surface area contributed by atoms with Crippen molar-refractivity contribution in [3.8, 4) is 6.07 Å². The maximum Gasteiger partial charge on any atom is 0.223 e.